The molecule has 1 aromatic carbocycles. The summed E-state index contributed by atoms with van der Waals surface area (Å²) < 4.78 is 15.9. The standard InChI is InChI=1S/C18H26N2O4.ClH/c1-22-8-7-20(18(21)14-3-2-4-15(19)10-14)11-13-5-6-16-17(9-13)24-12-23-16;/h5-6,9,14-15H,2-4,7-8,10-12,19H2,1H3;1H. The molecule has 2 aliphatic rings. The molecule has 1 saturated carbocycles. The van der Waals surface area contributed by atoms with E-state index in [1.807, 2.05) is 23.1 Å². The lowest BCUT2D eigenvalue weighted by atomic mass is 9.85. The molecule has 3 rings (SSSR count). The molecule has 0 aromatic heterocycles. The van der Waals surface area contributed by atoms with Crippen LogP contribution in [-0.4, -0.2) is 43.9 Å². The van der Waals surface area contributed by atoms with Gasteiger partial charge in [-0.3, -0.25) is 4.79 Å². The van der Waals surface area contributed by atoms with Gasteiger partial charge in [0, 0.05) is 32.2 Å². The van der Waals surface area contributed by atoms with Crippen LogP contribution in [0.15, 0.2) is 18.2 Å². The van der Waals surface area contributed by atoms with Gasteiger partial charge in [-0.05, 0) is 37.0 Å². The van der Waals surface area contributed by atoms with Crippen molar-refractivity contribution >= 4 is 18.3 Å². The highest BCUT2D eigenvalue weighted by Gasteiger charge is 2.29. The third-order valence-corrected chi connectivity index (χ3v) is 4.75. The molecule has 0 bridgehead atoms. The molecule has 1 amide bonds. The molecule has 2 unspecified atom stereocenters. The molecular formula is C18H27ClN2O4. The minimum atomic E-state index is 0. The minimum absolute atomic E-state index is 0. The third-order valence-electron chi connectivity index (χ3n) is 4.75. The number of ether oxygens (including phenoxy) is 3. The Hall–Kier alpha value is -1.50. The molecule has 0 spiro atoms. The van der Waals surface area contributed by atoms with E-state index in [0.717, 1.165) is 42.7 Å². The summed E-state index contributed by atoms with van der Waals surface area (Å²) in [5.74, 6) is 1.71. The van der Waals surface area contributed by atoms with Crippen LogP contribution in [0.2, 0.25) is 0 Å². The lowest BCUT2D eigenvalue weighted by molar-refractivity contribution is -0.138. The van der Waals surface area contributed by atoms with E-state index in [2.05, 4.69) is 0 Å². The van der Waals surface area contributed by atoms with Gasteiger partial charge in [0.1, 0.15) is 0 Å². The SMILES string of the molecule is COCCN(Cc1ccc2c(c1)OCO2)C(=O)C1CCCC(N)C1.Cl. The predicted molar refractivity (Wildman–Crippen MR) is 97.0 cm³/mol. The van der Waals surface area contributed by atoms with Crippen molar-refractivity contribution in [2.75, 3.05) is 27.1 Å². The highest BCUT2D eigenvalue weighted by atomic mass is 35.5. The number of benzene rings is 1. The van der Waals surface area contributed by atoms with Crippen molar-refractivity contribution in [3.63, 3.8) is 0 Å². The first-order valence-corrected chi connectivity index (χ1v) is 8.59. The van der Waals surface area contributed by atoms with Gasteiger partial charge in [0.25, 0.3) is 0 Å². The number of amides is 1. The summed E-state index contributed by atoms with van der Waals surface area (Å²) in [4.78, 5) is 14.8. The predicted octanol–water partition coefficient (Wildman–Crippen LogP) is 2.33. The Morgan fingerprint density at radius 3 is 2.88 bits per heavy atom. The van der Waals surface area contributed by atoms with E-state index < -0.39 is 0 Å². The summed E-state index contributed by atoms with van der Waals surface area (Å²) >= 11 is 0. The van der Waals surface area contributed by atoms with Gasteiger partial charge >= 0.3 is 0 Å². The number of methoxy groups -OCH3 is 1. The minimum Gasteiger partial charge on any atom is -0.454 e. The van der Waals surface area contributed by atoms with Gasteiger partial charge in [-0.2, -0.15) is 0 Å². The number of halogens is 1. The number of rotatable bonds is 6. The number of hydrogen-bond acceptors (Lipinski definition) is 5. The molecule has 1 aromatic rings. The zero-order valence-electron chi connectivity index (χ0n) is 14.6. The van der Waals surface area contributed by atoms with Gasteiger partial charge in [-0.1, -0.05) is 12.5 Å². The quantitative estimate of drug-likeness (QED) is 0.831. The number of carbonyl (C=O) groups excluding carboxylic acids is 1. The highest BCUT2D eigenvalue weighted by Crippen LogP contribution is 2.33. The first-order chi connectivity index (χ1) is 11.7. The summed E-state index contributed by atoms with van der Waals surface area (Å²) in [5.41, 5.74) is 7.08. The molecule has 1 fully saturated rings. The average Bonchev–Trinajstić information content (AvgIpc) is 3.05. The smallest absolute Gasteiger partial charge is 0.231 e. The van der Waals surface area contributed by atoms with Gasteiger partial charge in [0.2, 0.25) is 12.7 Å². The van der Waals surface area contributed by atoms with Crippen molar-refractivity contribution in [2.45, 2.75) is 38.3 Å². The summed E-state index contributed by atoms with van der Waals surface area (Å²) in [7, 11) is 1.65. The Morgan fingerprint density at radius 1 is 1.32 bits per heavy atom. The second-order valence-corrected chi connectivity index (χ2v) is 6.56. The second kappa shape index (κ2) is 9.27. The maximum absolute atomic E-state index is 12.9. The van der Waals surface area contributed by atoms with Gasteiger partial charge < -0.3 is 24.8 Å². The summed E-state index contributed by atoms with van der Waals surface area (Å²) in [5, 5.41) is 0. The van der Waals surface area contributed by atoms with Crippen molar-refractivity contribution < 1.29 is 19.0 Å². The van der Waals surface area contributed by atoms with Crippen LogP contribution in [0.5, 0.6) is 11.5 Å². The molecule has 7 heteroatoms. The third kappa shape index (κ3) is 5.00. The second-order valence-electron chi connectivity index (χ2n) is 6.56. The van der Waals surface area contributed by atoms with Crippen LogP contribution < -0.4 is 15.2 Å². The number of fused-ring (bicyclic) bond motifs is 1. The van der Waals surface area contributed by atoms with Crippen molar-refractivity contribution in [1.29, 1.82) is 0 Å². The number of nitrogens with two attached hydrogens (primary N) is 1. The lowest BCUT2D eigenvalue weighted by Crippen LogP contribution is -2.41. The normalized spacial score (nSPS) is 21.5. The zero-order chi connectivity index (χ0) is 16.9. The van der Waals surface area contributed by atoms with E-state index in [1.165, 1.54) is 0 Å². The van der Waals surface area contributed by atoms with Gasteiger partial charge in [0.05, 0.1) is 6.61 Å². The van der Waals surface area contributed by atoms with Crippen molar-refractivity contribution in [3.8, 4) is 11.5 Å². The van der Waals surface area contributed by atoms with E-state index in [0.29, 0.717) is 19.7 Å². The maximum atomic E-state index is 12.9. The van der Waals surface area contributed by atoms with E-state index in [4.69, 9.17) is 19.9 Å². The van der Waals surface area contributed by atoms with E-state index in [1.54, 1.807) is 7.11 Å². The Labute approximate surface area is 155 Å². The Bertz CT molecular complexity index is 584. The summed E-state index contributed by atoms with van der Waals surface area (Å²) in [6.45, 7) is 1.90. The van der Waals surface area contributed by atoms with Crippen LogP contribution in [0.1, 0.15) is 31.2 Å². The van der Waals surface area contributed by atoms with E-state index in [-0.39, 0.29) is 37.1 Å². The van der Waals surface area contributed by atoms with E-state index in [9.17, 15) is 4.79 Å². The lowest BCUT2D eigenvalue weighted by Gasteiger charge is -2.31. The molecule has 2 N–H and O–H groups in total. The molecule has 1 heterocycles. The number of nitrogens with zero attached hydrogens (tertiary/aromatic N) is 1. The molecule has 140 valence electrons. The Kier molecular flexibility index (Phi) is 7.35. The number of hydrogen-bond donors (Lipinski definition) is 1. The summed E-state index contributed by atoms with van der Waals surface area (Å²) in [6.07, 6.45) is 3.75. The van der Waals surface area contributed by atoms with Crippen LogP contribution in [0.3, 0.4) is 0 Å². The Balaban J connectivity index is 0.00000225. The molecule has 2 atom stereocenters. The zero-order valence-corrected chi connectivity index (χ0v) is 15.4. The van der Waals surface area contributed by atoms with Crippen LogP contribution >= 0.6 is 12.4 Å². The van der Waals surface area contributed by atoms with Crippen molar-refractivity contribution in [2.24, 2.45) is 11.7 Å². The molecule has 6 nitrogen and oxygen atoms in total. The fourth-order valence-electron chi connectivity index (χ4n) is 3.44. The molecule has 25 heavy (non-hydrogen) atoms. The molecule has 1 aliphatic heterocycles. The largest absolute Gasteiger partial charge is 0.454 e. The fourth-order valence-corrected chi connectivity index (χ4v) is 3.44. The maximum Gasteiger partial charge on any atom is 0.231 e. The molecular weight excluding hydrogens is 344 g/mol. The number of carbonyl (C=O) groups is 1. The van der Waals surface area contributed by atoms with Crippen LogP contribution in [0.4, 0.5) is 0 Å². The fraction of sp³-hybridized carbons (Fsp3) is 0.611. The first-order valence-electron chi connectivity index (χ1n) is 8.59. The van der Waals surface area contributed by atoms with Crippen LogP contribution in [-0.2, 0) is 16.1 Å². The van der Waals surface area contributed by atoms with Gasteiger partial charge in [-0.25, -0.2) is 0 Å². The van der Waals surface area contributed by atoms with Gasteiger partial charge in [0.15, 0.2) is 11.5 Å². The first kappa shape index (κ1) is 19.8. The van der Waals surface area contributed by atoms with Crippen molar-refractivity contribution in [1.82, 2.24) is 4.90 Å². The molecule has 1 aliphatic carbocycles. The summed E-state index contributed by atoms with van der Waals surface area (Å²) in [6, 6.07) is 5.96. The van der Waals surface area contributed by atoms with Crippen LogP contribution in [0.25, 0.3) is 0 Å². The average molecular weight is 371 g/mol. The van der Waals surface area contributed by atoms with Gasteiger partial charge in [-0.15, -0.1) is 12.4 Å². The monoisotopic (exact) mass is 370 g/mol. The highest BCUT2D eigenvalue weighted by molar-refractivity contribution is 5.85. The van der Waals surface area contributed by atoms with E-state index >= 15 is 0 Å². The molecule has 0 radical (unpaired) electrons. The topological polar surface area (TPSA) is 74.0 Å². The molecule has 0 saturated heterocycles. The van der Waals surface area contributed by atoms with Crippen LogP contribution in [0, 0.1) is 5.92 Å². The Morgan fingerprint density at radius 2 is 2.12 bits per heavy atom. The van der Waals surface area contributed by atoms with Crippen molar-refractivity contribution in [3.05, 3.63) is 23.8 Å².